The van der Waals surface area contributed by atoms with E-state index in [0.717, 1.165) is 11.1 Å². The average molecular weight is 424 g/mol. The molecule has 0 spiro atoms. The third kappa shape index (κ3) is 3.47. The van der Waals surface area contributed by atoms with Gasteiger partial charge in [-0.15, -0.1) is 0 Å². The maximum absolute atomic E-state index is 13.3. The highest BCUT2D eigenvalue weighted by molar-refractivity contribution is 6.16. The van der Waals surface area contributed by atoms with Crippen LogP contribution in [0, 0.1) is 13.8 Å². The van der Waals surface area contributed by atoms with E-state index in [1.54, 1.807) is 18.4 Å². The summed E-state index contributed by atoms with van der Waals surface area (Å²) in [7, 11) is 0. The molecule has 0 aliphatic heterocycles. The van der Waals surface area contributed by atoms with Crippen LogP contribution in [0.3, 0.4) is 0 Å². The molecule has 0 unspecified atom stereocenters. The van der Waals surface area contributed by atoms with Gasteiger partial charge in [0.25, 0.3) is 5.91 Å². The molecule has 0 bridgehead atoms. The zero-order chi connectivity index (χ0) is 22.2. The summed E-state index contributed by atoms with van der Waals surface area (Å²) in [5, 5.41) is 7.35. The Morgan fingerprint density at radius 2 is 1.78 bits per heavy atom. The van der Waals surface area contributed by atoms with E-state index >= 15 is 0 Å². The van der Waals surface area contributed by atoms with Crippen LogP contribution in [0.4, 0.5) is 11.5 Å². The Labute approximate surface area is 183 Å². The number of aromatic nitrogens is 3. The number of carbonyl (C=O) groups is 1. The lowest BCUT2D eigenvalue weighted by Crippen LogP contribution is -2.14. The summed E-state index contributed by atoms with van der Waals surface area (Å²) < 4.78 is 6.72. The third-order valence-electron chi connectivity index (χ3n) is 5.02. The normalized spacial score (nSPS) is 11.6. The molecule has 1 amide bonds. The molecule has 3 aromatic heterocycles. The number of aryl methyl sites for hydroxylation is 2. The van der Waals surface area contributed by atoms with Gasteiger partial charge < -0.3 is 15.5 Å². The minimum absolute atomic E-state index is 0.139. The molecule has 0 radical (unpaired) electrons. The van der Waals surface area contributed by atoms with Crippen molar-refractivity contribution in [3.63, 3.8) is 0 Å². The highest BCUT2D eigenvalue weighted by atomic mass is 16.3. The molecule has 0 aliphatic carbocycles. The predicted molar refractivity (Wildman–Crippen MR) is 125 cm³/mol. The van der Waals surface area contributed by atoms with Gasteiger partial charge in [0.05, 0.1) is 23.5 Å². The summed E-state index contributed by atoms with van der Waals surface area (Å²) in [6.07, 6.45) is 3.06. The Bertz CT molecular complexity index is 1480. The van der Waals surface area contributed by atoms with E-state index in [-0.39, 0.29) is 17.3 Å². The highest BCUT2D eigenvalue weighted by Crippen LogP contribution is 2.29. The molecule has 5 rings (SSSR count). The summed E-state index contributed by atoms with van der Waals surface area (Å²) in [5.74, 6) is 0.301. The van der Waals surface area contributed by atoms with E-state index in [1.807, 2.05) is 56.3 Å². The Balaban J connectivity index is 1.67. The molecule has 0 saturated heterocycles. The lowest BCUT2D eigenvalue weighted by Gasteiger charge is -2.07. The number of para-hydroxylation sites is 2. The lowest BCUT2D eigenvalue weighted by molar-refractivity contribution is 0.102. The lowest BCUT2D eigenvalue weighted by atomic mass is 10.1. The van der Waals surface area contributed by atoms with Crippen molar-refractivity contribution in [2.24, 2.45) is 5.10 Å². The van der Waals surface area contributed by atoms with Crippen molar-refractivity contribution < 1.29 is 9.21 Å². The van der Waals surface area contributed by atoms with Crippen LogP contribution in [0.2, 0.25) is 0 Å². The molecule has 3 heterocycles. The molecule has 0 fully saturated rings. The number of amides is 1. The van der Waals surface area contributed by atoms with Gasteiger partial charge >= 0.3 is 0 Å². The second kappa shape index (κ2) is 7.66. The zero-order valence-electron chi connectivity index (χ0n) is 17.5. The zero-order valence-corrected chi connectivity index (χ0v) is 17.5. The molecule has 3 N–H and O–H groups in total. The molecule has 0 aliphatic rings. The van der Waals surface area contributed by atoms with Crippen molar-refractivity contribution in [2.75, 3.05) is 11.1 Å². The summed E-state index contributed by atoms with van der Waals surface area (Å²) in [6, 6.07) is 16.8. The molecule has 8 nitrogen and oxygen atoms in total. The van der Waals surface area contributed by atoms with Gasteiger partial charge in [-0.25, -0.2) is 9.97 Å². The Hall–Kier alpha value is -4.46. The van der Waals surface area contributed by atoms with E-state index in [4.69, 9.17) is 10.2 Å². The summed E-state index contributed by atoms with van der Waals surface area (Å²) in [6.45, 7) is 3.95. The molecule has 32 heavy (non-hydrogen) atoms. The first kappa shape index (κ1) is 19.5. The predicted octanol–water partition coefficient (Wildman–Crippen LogP) is 4.51. The molecule has 2 aromatic carbocycles. The minimum Gasteiger partial charge on any atom is -0.463 e. The van der Waals surface area contributed by atoms with Gasteiger partial charge in [0.2, 0.25) is 0 Å². The van der Waals surface area contributed by atoms with Crippen LogP contribution in [0.5, 0.6) is 0 Å². The fourth-order valence-electron chi connectivity index (χ4n) is 3.71. The van der Waals surface area contributed by atoms with Crippen molar-refractivity contribution in [1.29, 1.82) is 0 Å². The molecule has 0 saturated carbocycles. The largest absolute Gasteiger partial charge is 0.463 e. The average Bonchev–Trinajstić information content (AvgIpc) is 3.35. The first-order valence-corrected chi connectivity index (χ1v) is 10.0. The minimum atomic E-state index is -0.381. The SMILES string of the molecule is Cc1cc(C)cc(NC(=O)c2c(N)n(N=Cc3ccco3)c3nc4ccccc4nc23)c1. The van der Waals surface area contributed by atoms with Crippen LogP contribution in [0.1, 0.15) is 27.2 Å². The van der Waals surface area contributed by atoms with Gasteiger partial charge in [-0.3, -0.25) is 4.79 Å². The Morgan fingerprint density at radius 3 is 2.47 bits per heavy atom. The van der Waals surface area contributed by atoms with Gasteiger partial charge in [0.1, 0.15) is 22.7 Å². The summed E-state index contributed by atoms with van der Waals surface area (Å²) in [4.78, 5) is 22.7. The number of nitrogen functional groups attached to an aromatic ring is 1. The van der Waals surface area contributed by atoms with Crippen LogP contribution in [-0.4, -0.2) is 26.8 Å². The van der Waals surface area contributed by atoms with Gasteiger partial charge in [0.15, 0.2) is 5.65 Å². The van der Waals surface area contributed by atoms with Crippen molar-refractivity contribution in [1.82, 2.24) is 14.6 Å². The number of rotatable bonds is 4. The topological polar surface area (TPSA) is 111 Å². The van der Waals surface area contributed by atoms with Gasteiger partial charge in [-0.2, -0.15) is 9.78 Å². The maximum atomic E-state index is 13.3. The van der Waals surface area contributed by atoms with Crippen molar-refractivity contribution in [2.45, 2.75) is 13.8 Å². The van der Waals surface area contributed by atoms with Crippen LogP contribution in [-0.2, 0) is 0 Å². The number of nitrogens with two attached hydrogens (primary N) is 1. The summed E-state index contributed by atoms with van der Waals surface area (Å²) >= 11 is 0. The van der Waals surface area contributed by atoms with Crippen LogP contribution >= 0.6 is 0 Å². The quantitative estimate of drug-likeness (QED) is 0.412. The third-order valence-corrected chi connectivity index (χ3v) is 5.02. The van der Waals surface area contributed by atoms with Gasteiger partial charge in [-0.05, 0) is 61.4 Å². The monoisotopic (exact) mass is 424 g/mol. The second-order valence-electron chi connectivity index (χ2n) is 7.55. The first-order valence-electron chi connectivity index (χ1n) is 10.0. The first-order chi connectivity index (χ1) is 15.5. The number of benzene rings is 2. The van der Waals surface area contributed by atoms with E-state index in [0.29, 0.717) is 33.6 Å². The van der Waals surface area contributed by atoms with Crippen LogP contribution < -0.4 is 11.1 Å². The van der Waals surface area contributed by atoms with Crippen molar-refractivity contribution in [3.05, 3.63) is 83.3 Å². The van der Waals surface area contributed by atoms with Crippen molar-refractivity contribution >= 4 is 45.8 Å². The maximum Gasteiger partial charge on any atom is 0.261 e. The number of furan rings is 1. The molecule has 8 heteroatoms. The fraction of sp³-hybridized carbons (Fsp3) is 0.0833. The molecular formula is C24H20N6O2. The number of carbonyl (C=O) groups excluding carboxylic acids is 1. The van der Waals surface area contributed by atoms with Gasteiger partial charge in [0, 0.05) is 5.69 Å². The van der Waals surface area contributed by atoms with Crippen LogP contribution in [0.15, 0.2) is 70.4 Å². The standard InChI is InChI=1S/C24H20N6O2/c1-14-10-15(2)12-16(11-14)27-24(31)20-21-23(29-19-8-4-3-7-18(19)28-21)30(22(20)25)26-13-17-6-5-9-32-17/h3-13H,25H2,1-2H3,(H,27,31). The second-order valence-corrected chi connectivity index (χ2v) is 7.55. The molecule has 158 valence electrons. The van der Waals surface area contributed by atoms with Crippen LogP contribution in [0.25, 0.3) is 22.2 Å². The number of fused-ring (bicyclic) bond motifs is 2. The Kier molecular flexibility index (Phi) is 4.67. The fourth-order valence-corrected chi connectivity index (χ4v) is 3.71. The van der Waals surface area contributed by atoms with Gasteiger partial charge in [-0.1, -0.05) is 18.2 Å². The Morgan fingerprint density at radius 1 is 1.06 bits per heavy atom. The van der Waals surface area contributed by atoms with E-state index < -0.39 is 0 Å². The number of hydrogen-bond acceptors (Lipinski definition) is 6. The molecule has 0 atom stereocenters. The summed E-state index contributed by atoms with van der Waals surface area (Å²) in [5.41, 5.74) is 11.5. The smallest absolute Gasteiger partial charge is 0.261 e. The van der Waals surface area contributed by atoms with E-state index in [1.165, 1.54) is 10.9 Å². The molecular weight excluding hydrogens is 404 g/mol. The van der Waals surface area contributed by atoms with Crippen molar-refractivity contribution in [3.8, 4) is 0 Å². The van der Waals surface area contributed by atoms with E-state index in [2.05, 4.69) is 20.4 Å². The van der Waals surface area contributed by atoms with E-state index in [9.17, 15) is 4.79 Å². The number of anilines is 2. The number of nitrogens with one attached hydrogen (secondary N) is 1. The number of nitrogens with zero attached hydrogens (tertiary/aromatic N) is 4. The highest BCUT2D eigenvalue weighted by Gasteiger charge is 2.24. The number of hydrogen-bond donors (Lipinski definition) is 2. The molecule has 5 aromatic rings.